The number of hydrogen-bond acceptors (Lipinski definition) is 3. The highest BCUT2D eigenvalue weighted by Gasteiger charge is 2.28. The maximum atomic E-state index is 12.1. The first-order valence-corrected chi connectivity index (χ1v) is 6.69. The predicted molar refractivity (Wildman–Crippen MR) is 75.2 cm³/mol. The van der Waals surface area contributed by atoms with Gasteiger partial charge in [0.05, 0.1) is 18.6 Å². The maximum absolute atomic E-state index is 12.1. The van der Waals surface area contributed by atoms with Gasteiger partial charge in [0.2, 0.25) is 5.91 Å². The summed E-state index contributed by atoms with van der Waals surface area (Å²) in [5.41, 5.74) is 3.44. The first kappa shape index (κ1) is 14.0. The topological polar surface area (TPSA) is 50.4 Å². The number of benzene rings is 1. The summed E-state index contributed by atoms with van der Waals surface area (Å²) in [6.07, 6.45) is 0.503. The van der Waals surface area contributed by atoms with Crippen LogP contribution in [0.5, 0.6) is 0 Å². The van der Waals surface area contributed by atoms with Gasteiger partial charge in [-0.25, -0.2) is 0 Å². The van der Waals surface area contributed by atoms with Crippen LogP contribution in [0.3, 0.4) is 0 Å². The summed E-state index contributed by atoms with van der Waals surface area (Å²) in [5, 5.41) is 6.27. The molecule has 2 N–H and O–H groups in total. The molecule has 104 valence electrons. The Hall–Kier alpha value is -1.39. The van der Waals surface area contributed by atoms with Gasteiger partial charge in [-0.3, -0.25) is 4.79 Å². The lowest BCUT2D eigenvalue weighted by Crippen LogP contribution is -2.44. The monoisotopic (exact) mass is 262 g/mol. The highest BCUT2D eigenvalue weighted by molar-refractivity contribution is 5.79. The molecule has 1 heterocycles. The minimum absolute atomic E-state index is 0.0597. The first-order valence-electron chi connectivity index (χ1n) is 6.69. The second-order valence-corrected chi connectivity index (χ2v) is 5.21. The Morgan fingerprint density at radius 1 is 1.42 bits per heavy atom. The normalized spacial score (nSPS) is 22.5. The van der Waals surface area contributed by atoms with Gasteiger partial charge in [-0.15, -0.1) is 0 Å². The van der Waals surface area contributed by atoms with Gasteiger partial charge < -0.3 is 15.4 Å². The van der Waals surface area contributed by atoms with Gasteiger partial charge in [0.25, 0.3) is 0 Å². The van der Waals surface area contributed by atoms with E-state index in [-0.39, 0.29) is 18.1 Å². The van der Waals surface area contributed by atoms with Crippen LogP contribution < -0.4 is 10.6 Å². The van der Waals surface area contributed by atoms with E-state index in [9.17, 15) is 4.79 Å². The van der Waals surface area contributed by atoms with E-state index in [1.165, 1.54) is 5.56 Å². The molecular weight excluding hydrogens is 240 g/mol. The molecule has 0 bridgehead atoms. The summed E-state index contributed by atoms with van der Waals surface area (Å²) in [4.78, 5) is 12.1. The number of carbonyl (C=O) groups excluding carboxylic acids is 1. The largest absolute Gasteiger partial charge is 0.378 e. The average molecular weight is 262 g/mol. The quantitative estimate of drug-likeness (QED) is 0.849. The molecule has 1 fully saturated rings. The van der Waals surface area contributed by atoms with Crippen molar-refractivity contribution in [2.75, 3.05) is 20.2 Å². The van der Waals surface area contributed by atoms with Crippen molar-refractivity contribution in [1.82, 2.24) is 10.6 Å². The van der Waals surface area contributed by atoms with E-state index < -0.39 is 0 Å². The molecule has 1 amide bonds. The fourth-order valence-corrected chi connectivity index (χ4v) is 2.47. The highest BCUT2D eigenvalue weighted by Crippen LogP contribution is 2.12. The molecule has 1 saturated heterocycles. The molecule has 2 rings (SSSR count). The molecule has 0 saturated carbocycles. The van der Waals surface area contributed by atoms with Crippen LogP contribution in [0, 0.1) is 13.8 Å². The fraction of sp³-hybridized carbons (Fsp3) is 0.533. The fourth-order valence-electron chi connectivity index (χ4n) is 2.47. The molecule has 19 heavy (non-hydrogen) atoms. The number of nitrogens with one attached hydrogen (secondary N) is 2. The smallest absolute Gasteiger partial charge is 0.224 e. The number of methoxy groups -OCH3 is 1. The Kier molecular flexibility index (Phi) is 4.56. The van der Waals surface area contributed by atoms with Crippen LogP contribution in [0.25, 0.3) is 0 Å². The summed E-state index contributed by atoms with van der Waals surface area (Å²) < 4.78 is 5.34. The zero-order valence-corrected chi connectivity index (χ0v) is 11.8. The predicted octanol–water partition coefficient (Wildman–Crippen LogP) is 0.949. The Balaban J connectivity index is 1.95. The Morgan fingerprint density at radius 3 is 2.95 bits per heavy atom. The molecule has 0 aromatic heterocycles. The van der Waals surface area contributed by atoms with Gasteiger partial charge in [-0.2, -0.15) is 0 Å². The van der Waals surface area contributed by atoms with E-state index in [2.05, 4.69) is 28.8 Å². The second kappa shape index (κ2) is 6.17. The number of aryl methyl sites for hydroxylation is 2. The molecule has 1 aromatic rings. The Morgan fingerprint density at radius 2 is 2.21 bits per heavy atom. The van der Waals surface area contributed by atoms with E-state index in [0.29, 0.717) is 6.42 Å². The Labute approximate surface area is 114 Å². The lowest BCUT2D eigenvalue weighted by molar-refractivity contribution is -0.121. The van der Waals surface area contributed by atoms with Gasteiger partial charge in [0, 0.05) is 20.2 Å². The highest BCUT2D eigenvalue weighted by atomic mass is 16.5. The summed E-state index contributed by atoms with van der Waals surface area (Å²) in [6, 6.07) is 6.28. The average Bonchev–Trinajstić information content (AvgIpc) is 2.81. The van der Waals surface area contributed by atoms with Crippen molar-refractivity contribution in [3.8, 4) is 0 Å². The number of rotatable bonds is 4. The third kappa shape index (κ3) is 3.55. The van der Waals surface area contributed by atoms with Crippen LogP contribution in [0.1, 0.15) is 16.7 Å². The second-order valence-electron chi connectivity index (χ2n) is 5.21. The van der Waals surface area contributed by atoms with Crippen molar-refractivity contribution in [3.63, 3.8) is 0 Å². The van der Waals surface area contributed by atoms with Crippen LogP contribution in [0.2, 0.25) is 0 Å². The van der Waals surface area contributed by atoms with Crippen LogP contribution in [-0.2, 0) is 16.0 Å². The van der Waals surface area contributed by atoms with Crippen LogP contribution in [0.4, 0.5) is 0 Å². The van der Waals surface area contributed by atoms with Crippen LogP contribution in [-0.4, -0.2) is 38.3 Å². The lowest BCUT2D eigenvalue weighted by Gasteiger charge is -2.19. The standard InChI is InChI=1S/C15H22N2O2/c1-10-4-5-11(2)12(6-10)7-15(18)17-13-8-16-9-14(13)19-3/h4-6,13-14,16H,7-9H2,1-3H3,(H,17,18)/t13-,14+/m1/s1. The summed E-state index contributed by atoms with van der Waals surface area (Å²) in [6.45, 7) is 5.65. The Bertz CT molecular complexity index is 459. The zero-order chi connectivity index (χ0) is 13.8. The molecular formula is C15H22N2O2. The third-order valence-electron chi connectivity index (χ3n) is 3.66. The van der Waals surface area contributed by atoms with Crippen molar-refractivity contribution in [3.05, 3.63) is 34.9 Å². The van der Waals surface area contributed by atoms with Crippen molar-refractivity contribution < 1.29 is 9.53 Å². The third-order valence-corrected chi connectivity index (χ3v) is 3.66. The first-order chi connectivity index (χ1) is 9.10. The zero-order valence-electron chi connectivity index (χ0n) is 11.8. The van der Waals surface area contributed by atoms with E-state index >= 15 is 0 Å². The molecule has 0 unspecified atom stereocenters. The number of hydrogen-bond donors (Lipinski definition) is 2. The van der Waals surface area contributed by atoms with E-state index in [1.54, 1.807) is 7.11 Å². The molecule has 4 nitrogen and oxygen atoms in total. The van der Waals surface area contributed by atoms with Crippen molar-refractivity contribution >= 4 is 5.91 Å². The van der Waals surface area contributed by atoms with Gasteiger partial charge in [0.15, 0.2) is 0 Å². The van der Waals surface area contributed by atoms with E-state index in [4.69, 9.17) is 4.74 Å². The summed E-state index contributed by atoms with van der Waals surface area (Å²) in [5.74, 6) is 0.0597. The van der Waals surface area contributed by atoms with E-state index in [0.717, 1.165) is 24.2 Å². The molecule has 1 aliphatic rings. The number of carbonyl (C=O) groups is 1. The maximum Gasteiger partial charge on any atom is 0.224 e. The minimum atomic E-state index is 0.0597. The molecule has 4 heteroatoms. The number of ether oxygens (including phenoxy) is 1. The van der Waals surface area contributed by atoms with Crippen molar-refractivity contribution in [2.24, 2.45) is 0 Å². The molecule has 1 aromatic carbocycles. The van der Waals surface area contributed by atoms with Gasteiger partial charge >= 0.3 is 0 Å². The van der Waals surface area contributed by atoms with Crippen molar-refractivity contribution in [2.45, 2.75) is 32.4 Å². The van der Waals surface area contributed by atoms with Crippen LogP contribution >= 0.6 is 0 Å². The SMILES string of the molecule is CO[C@H]1CNC[C@H]1NC(=O)Cc1cc(C)ccc1C. The minimum Gasteiger partial charge on any atom is -0.378 e. The molecule has 2 atom stereocenters. The molecule has 0 spiro atoms. The van der Waals surface area contributed by atoms with Gasteiger partial charge in [-0.1, -0.05) is 23.8 Å². The van der Waals surface area contributed by atoms with Crippen LogP contribution in [0.15, 0.2) is 18.2 Å². The number of amides is 1. The molecule has 0 aliphatic carbocycles. The molecule has 1 aliphatic heterocycles. The lowest BCUT2D eigenvalue weighted by atomic mass is 10.0. The van der Waals surface area contributed by atoms with Gasteiger partial charge in [-0.05, 0) is 25.0 Å². The molecule has 0 radical (unpaired) electrons. The van der Waals surface area contributed by atoms with E-state index in [1.807, 2.05) is 13.8 Å². The van der Waals surface area contributed by atoms with Crippen molar-refractivity contribution in [1.29, 1.82) is 0 Å². The summed E-state index contributed by atoms with van der Waals surface area (Å²) >= 11 is 0. The summed E-state index contributed by atoms with van der Waals surface area (Å²) in [7, 11) is 1.68. The van der Waals surface area contributed by atoms with Gasteiger partial charge in [0.1, 0.15) is 0 Å².